The molecule has 0 aliphatic heterocycles. The Morgan fingerprint density at radius 3 is 2.69 bits per heavy atom. The van der Waals surface area contributed by atoms with E-state index in [2.05, 4.69) is 4.98 Å². The predicted octanol–water partition coefficient (Wildman–Crippen LogP) is 2.67. The molecular weight excluding hydrogens is 255 g/mol. The third kappa shape index (κ3) is 2.35. The number of benzene rings is 1. The van der Waals surface area contributed by atoms with Crippen LogP contribution >= 0.6 is 0 Å². The molecular formula is C14H14GeN. The van der Waals surface area contributed by atoms with Crippen molar-refractivity contribution in [3.8, 4) is 11.3 Å². The van der Waals surface area contributed by atoms with Crippen molar-refractivity contribution in [1.82, 2.24) is 4.98 Å². The van der Waals surface area contributed by atoms with Gasteiger partial charge in [-0.15, -0.1) is 0 Å². The molecule has 0 saturated carbocycles. The number of hydrogen-bond acceptors (Lipinski definition) is 1. The maximum atomic E-state index is 8.16. The van der Waals surface area contributed by atoms with Gasteiger partial charge >= 0.3 is 109 Å². The van der Waals surface area contributed by atoms with Crippen LogP contribution in [0.2, 0.25) is 0 Å². The van der Waals surface area contributed by atoms with Crippen molar-refractivity contribution in [3.63, 3.8) is 0 Å². The molecule has 0 saturated heterocycles. The molecule has 0 amide bonds. The molecule has 16 heavy (non-hydrogen) atoms. The van der Waals surface area contributed by atoms with Gasteiger partial charge in [-0.1, -0.05) is 0 Å². The maximum absolute atomic E-state index is 8.16. The molecule has 0 N–H and O–H groups in total. The summed E-state index contributed by atoms with van der Waals surface area (Å²) in [5.74, 6) is -0.690. The average Bonchev–Trinajstić information content (AvgIpc) is 2.26. The van der Waals surface area contributed by atoms with Crippen LogP contribution in [0.1, 0.15) is 29.4 Å². The normalized spacial score (nSPS) is 14.1. The van der Waals surface area contributed by atoms with Gasteiger partial charge in [0, 0.05) is 0 Å². The summed E-state index contributed by atoms with van der Waals surface area (Å²) >= 11 is 1.94. The van der Waals surface area contributed by atoms with Crippen molar-refractivity contribution in [2.75, 3.05) is 0 Å². The van der Waals surface area contributed by atoms with Crippen LogP contribution in [0, 0.1) is 0 Å². The minimum atomic E-state index is -0.690. The molecule has 79 valence electrons. The second-order valence-electron chi connectivity index (χ2n) is 3.84. The number of hydrogen-bond donors (Lipinski definition) is 0. The van der Waals surface area contributed by atoms with Gasteiger partial charge in [-0.3, -0.25) is 0 Å². The Labute approximate surface area is 109 Å². The third-order valence-electron chi connectivity index (χ3n) is 2.38. The molecule has 1 nitrogen and oxygen atoms in total. The number of pyridine rings is 1. The second-order valence-corrected chi connectivity index (χ2v) is 4.97. The molecule has 0 unspecified atom stereocenters. The molecule has 1 aromatic heterocycles. The first-order chi connectivity index (χ1) is 8.77. The molecule has 3 radical (unpaired) electrons. The number of nitrogens with zero attached hydrogens (tertiary/aromatic N) is 1. The average molecular weight is 272 g/mol. The van der Waals surface area contributed by atoms with E-state index in [0.29, 0.717) is 17.8 Å². The molecule has 1 heterocycles. The van der Waals surface area contributed by atoms with Crippen LogP contribution in [0.3, 0.4) is 0 Å². The summed E-state index contributed by atoms with van der Waals surface area (Å²) in [5.41, 5.74) is 2.38. The summed E-state index contributed by atoms with van der Waals surface area (Å²) < 4.78 is 24.5. The van der Waals surface area contributed by atoms with E-state index in [1.165, 1.54) is 6.07 Å². The van der Waals surface area contributed by atoms with Crippen LogP contribution in [0.25, 0.3) is 11.3 Å². The van der Waals surface area contributed by atoms with Crippen molar-refractivity contribution >= 4 is 20.9 Å². The van der Waals surface area contributed by atoms with Crippen LogP contribution < -0.4 is 4.40 Å². The standard InChI is InChI=1S/C14H14GeN/c1-10(2)12-8-14(16-9-13(12)15)11-6-4-3-5-7-11/h3-10H,1-2H3/i4D,5D,10D. The van der Waals surface area contributed by atoms with E-state index in [1.54, 1.807) is 18.3 Å². The summed E-state index contributed by atoms with van der Waals surface area (Å²) in [6, 6.07) is 7.37. The summed E-state index contributed by atoms with van der Waals surface area (Å²) in [4.78, 5) is 4.35. The Hall–Kier alpha value is -1.09. The Kier molecular flexibility index (Phi) is 2.44. The fraction of sp³-hybridized carbons (Fsp3) is 0.214. The predicted molar refractivity (Wildman–Crippen MR) is 69.2 cm³/mol. The molecule has 0 aliphatic carbocycles. The van der Waals surface area contributed by atoms with Crippen molar-refractivity contribution < 1.29 is 4.11 Å². The van der Waals surface area contributed by atoms with Gasteiger partial charge in [0.05, 0.1) is 0 Å². The summed E-state index contributed by atoms with van der Waals surface area (Å²) in [6.07, 6.45) is 1.75. The van der Waals surface area contributed by atoms with Gasteiger partial charge in [0.25, 0.3) is 0 Å². The number of rotatable bonds is 2. The molecule has 0 atom stereocenters. The van der Waals surface area contributed by atoms with Crippen LogP contribution in [0.15, 0.2) is 42.5 Å². The molecule has 0 bridgehead atoms. The van der Waals surface area contributed by atoms with Crippen LogP contribution in [0.4, 0.5) is 0 Å². The molecule has 1 aromatic carbocycles. The van der Waals surface area contributed by atoms with Crippen molar-refractivity contribution in [1.29, 1.82) is 0 Å². The van der Waals surface area contributed by atoms with Gasteiger partial charge < -0.3 is 0 Å². The fourth-order valence-electron chi connectivity index (χ4n) is 1.53. The first-order valence-electron chi connectivity index (χ1n) is 6.58. The van der Waals surface area contributed by atoms with E-state index >= 15 is 0 Å². The first kappa shape index (κ1) is 8.07. The summed E-state index contributed by atoms with van der Waals surface area (Å²) in [5, 5.41) is 0. The zero-order valence-electron chi connectivity index (χ0n) is 12.3. The second kappa shape index (κ2) is 4.83. The SMILES string of the molecule is [2H]c1cc([2H])cc(-c2cc(C([2H])(C)C)[c]([Ge])cn2)c1. The Morgan fingerprint density at radius 2 is 2.06 bits per heavy atom. The van der Waals surface area contributed by atoms with Gasteiger partial charge in [-0.05, 0) is 0 Å². The van der Waals surface area contributed by atoms with E-state index in [9.17, 15) is 0 Å². The number of aromatic nitrogens is 1. The molecule has 0 fully saturated rings. The van der Waals surface area contributed by atoms with E-state index in [1.807, 2.05) is 36.4 Å². The fourth-order valence-corrected chi connectivity index (χ4v) is 2.34. The molecule has 2 rings (SSSR count). The Morgan fingerprint density at radius 1 is 1.38 bits per heavy atom. The molecule has 2 heteroatoms. The summed E-state index contributed by atoms with van der Waals surface area (Å²) in [6.45, 7) is 3.69. The quantitative estimate of drug-likeness (QED) is 0.766. The van der Waals surface area contributed by atoms with Crippen molar-refractivity contribution in [3.05, 3.63) is 48.1 Å². The van der Waals surface area contributed by atoms with Crippen LogP contribution in [0.5, 0.6) is 0 Å². The van der Waals surface area contributed by atoms with Gasteiger partial charge in [-0.25, -0.2) is 0 Å². The van der Waals surface area contributed by atoms with Gasteiger partial charge in [0.2, 0.25) is 0 Å². The van der Waals surface area contributed by atoms with Gasteiger partial charge in [0.1, 0.15) is 0 Å². The van der Waals surface area contributed by atoms with Gasteiger partial charge in [0.15, 0.2) is 0 Å². The summed E-state index contributed by atoms with van der Waals surface area (Å²) in [7, 11) is 0. The van der Waals surface area contributed by atoms with Crippen molar-refractivity contribution in [2.24, 2.45) is 0 Å². The third-order valence-corrected chi connectivity index (χ3v) is 3.22. The Bertz CT molecular complexity index is 600. The van der Waals surface area contributed by atoms with Crippen LogP contribution in [-0.4, -0.2) is 21.5 Å². The molecule has 2 aromatic rings. The van der Waals surface area contributed by atoms with E-state index < -0.39 is 5.89 Å². The van der Waals surface area contributed by atoms with E-state index in [4.69, 9.17) is 4.11 Å². The van der Waals surface area contributed by atoms with E-state index in [0.717, 1.165) is 15.5 Å². The zero-order chi connectivity index (χ0) is 14.2. The molecule has 0 aliphatic rings. The molecule has 0 spiro atoms. The minimum absolute atomic E-state index is 0.302. The van der Waals surface area contributed by atoms with Crippen LogP contribution in [-0.2, 0) is 0 Å². The van der Waals surface area contributed by atoms with Gasteiger partial charge in [-0.2, -0.15) is 0 Å². The monoisotopic (exact) mass is 273 g/mol. The van der Waals surface area contributed by atoms with Crippen molar-refractivity contribution in [2.45, 2.75) is 19.7 Å². The zero-order valence-corrected chi connectivity index (χ0v) is 11.4. The topological polar surface area (TPSA) is 12.9 Å². The van der Waals surface area contributed by atoms with E-state index in [-0.39, 0.29) is 0 Å². The first-order valence-corrected chi connectivity index (χ1v) is 6.13. The Balaban J connectivity index is 2.58.